The van der Waals surface area contributed by atoms with E-state index in [4.69, 9.17) is 0 Å². The molecule has 2 aromatic rings. The number of aromatic nitrogens is 2. The van der Waals surface area contributed by atoms with Gasteiger partial charge < -0.3 is 10.3 Å². The van der Waals surface area contributed by atoms with Crippen LogP contribution < -0.4 is 5.32 Å². The predicted octanol–water partition coefficient (Wildman–Crippen LogP) is 2.41. The number of hydrogen-bond donors (Lipinski definition) is 2. The molecule has 0 saturated carbocycles. The number of aromatic amines is 1. The molecular formula is C13H15F2N3. The van der Waals surface area contributed by atoms with Crippen LogP contribution in [0.2, 0.25) is 0 Å². The first-order valence-corrected chi connectivity index (χ1v) is 5.88. The van der Waals surface area contributed by atoms with Crippen molar-refractivity contribution < 1.29 is 8.78 Å². The first-order valence-electron chi connectivity index (χ1n) is 5.88. The zero-order valence-corrected chi connectivity index (χ0v) is 9.92. The van der Waals surface area contributed by atoms with Crippen LogP contribution in [-0.4, -0.2) is 16.5 Å². The first kappa shape index (κ1) is 12.7. The molecule has 0 saturated heterocycles. The van der Waals surface area contributed by atoms with Crippen molar-refractivity contribution in [2.45, 2.75) is 19.4 Å². The molecule has 2 N–H and O–H groups in total. The maximum Gasteiger partial charge on any atom is 0.159 e. The van der Waals surface area contributed by atoms with Gasteiger partial charge in [0.05, 0.1) is 0 Å². The fourth-order valence-corrected chi connectivity index (χ4v) is 1.70. The fourth-order valence-electron chi connectivity index (χ4n) is 1.70. The lowest BCUT2D eigenvalue weighted by atomic mass is 10.2. The predicted molar refractivity (Wildman–Crippen MR) is 65.0 cm³/mol. The van der Waals surface area contributed by atoms with Crippen LogP contribution in [0, 0.1) is 11.6 Å². The summed E-state index contributed by atoms with van der Waals surface area (Å²) in [6.07, 6.45) is 5.34. The Bertz CT molecular complexity index is 483. The molecule has 0 aliphatic heterocycles. The van der Waals surface area contributed by atoms with Gasteiger partial charge in [0.15, 0.2) is 11.6 Å². The summed E-state index contributed by atoms with van der Waals surface area (Å²) in [6, 6.07) is 3.95. The fraction of sp³-hybridized carbons (Fsp3) is 0.308. The van der Waals surface area contributed by atoms with E-state index in [2.05, 4.69) is 15.3 Å². The third-order valence-electron chi connectivity index (χ3n) is 2.64. The smallest absolute Gasteiger partial charge is 0.159 e. The molecule has 1 heterocycles. The van der Waals surface area contributed by atoms with Crippen molar-refractivity contribution >= 4 is 0 Å². The Kier molecular flexibility index (Phi) is 4.41. The second-order valence-electron chi connectivity index (χ2n) is 4.06. The third-order valence-corrected chi connectivity index (χ3v) is 2.64. The monoisotopic (exact) mass is 251 g/mol. The molecule has 5 heteroatoms. The molecule has 2 rings (SSSR count). The molecule has 0 aliphatic rings. The molecule has 0 unspecified atom stereocenters. The van der Waals surface area contributed by atoms with Gasteiger partial charge in [0.1, 0.15) is 5.82 Å². The van der Waals surface area contributed by atoms with Gasteiger partial charge in [0.2, 0.25) is 0 Å². The summed E-state index contributed by atoms with van der Waals surface area (Å²) in [5, 5.41) is 3.18. The molecule has 0 bridgehead atoms. The van der Waals surface area contributed by atoms with Gasteiger partial charge in [-0.1, -0.05) is 6.07 Å². The van der Waals surface area contributed by atoms with Crippen molar-refractivity contribution in [3.63, 3.8) is 0 Å². The first-order chi connectivity index (χ1) is 8.75. The molecule has 0 amide bonds. The molecule has 18 heavy (non-hydrogen) atoms. The Morgan fingerprint density at radius 3 is 2.83 bits per heavy atom. The molecule has 3 nitrogen and oxygen atoms in total. The van der Waals surface area contributed by atoms with Crippen LogP contribution in [-0.2, 0) is 13.0 Å². The van der Waals surface area contributed by atoms with Gasteiger partial charge in [0.25, 0.3) is 0 Å². The van der Waals surface area contributed by atoms with Crippen LogP contribution in [0.3, 0.4) is 0 Å². The molecule has 1 aromatic heterocycles. The summed E-state index contributed by atoms with van der Waals surface area (Å²) in [5.41, 5.74) is 0.742. The normalized spacial score (nSPS) is 10.8. The number of halogens is 2. The quantitative estimate of drug-likeness (QED) is 0.774. The molecule has 0 fully saturated rings. The average molecular weight is 251 g/mol. The molecule has 0 radical (unpaired) electrons. The van der Waals surface area contributed by atoms with Crippen LogP contribution in [0.1, 0.15) is 17.8 Å². The Labute approximate surface area is 104 Å². The Morgan fingerprint density at radius 2 is 2.11 bits per heavy atom. The van der Waals surface area contributed by atoms with E-state index in [1.807, 2.05) is 0 Å². The lowest BCUT2D eigenvalue weighted by Gasteiger charge is -2.04. The highest BCUT2D eigenvalue weighted by atomic mass is 19.2. The van der Waals surface area contributed by atoms with Crippen molar-refractivity contribution in [2.75, 3.05) is 6.54 Å². The van der Waals surface area contributed by atoms with E-state index in [1.54, 1.807) is 18.5 Å². The van der Waals surface area contributed by atoms with Crippen molar-refractivity contribution in [2.24, 2.45) is 0 Å². The van der Waals surface area contributed by atoms with E-state index in [9.17, 15) is 8.78 Å². The summed E-state index contributed by atoms with van der Waals surface area (Å²) in [7, 11) is 0. The van der Waals surface area contributed by atoms with Gasteiger partial charge in [-0.05, 0) is 30.7 Å². The van der Waals surface area contributed by atoms with E-state index in [1.165, 1.54) is 6.07 Å². The second-order valence-corrected chi connectivity index (χ2v) is 4.06. The minimum Gasteiger partial charge on any atom is -0.349 e. The summed E-state index contributed by atoms with van der Waals surface area (Å²) >= 11 is 0. The van der Waals surface area contributed by atoms with Crippen molar-refractivity contribution in [3.05, 3.63) is 53.6 Å². The summed E-state index contributed by atoms with van der Waals surface area (Å²) in [6.45, 7) is 1.34. The van der Waals surface area contributed by atoms with Gasteiger partial charge in [0, 0.05) is 25.4 Å². The van der Waals surface area contributed by atoms with Crippen LogP contribution >= 0.6 is 0 Å². The van der Waals surface area contributed by atoms with E-state index < -0.39 is 11.6 Å². The van der Waals surface area contributed by atoms with Gasteiger partial charge >= 0.3 is 0 Å². The van der Waals surface area contributed by atoms with Gasteiger partial charge in [-0.25, -0.2) is 13.8 Å². The lowest BCUT2D eigenvalue weighted by Crippen LogP contribution is -2.15. The largest absolute Gasteiger partial charge is 0.349 e. The summed E-state index contributed by atoms with van der Waals surface area (Å²) < 4.78 is 25.6. The maximum absolute atomic E-state index is 12.9. The highest BCUT2D eigenvalue weighted by molar-refractivity contribution is 5.17. The molecule has 0 aliphatic carbocycles. The molecule has 96 valence electrons. The Hall–Kier alpha value is -1.75. The number of H-pyrrole nitrogens is 1. The van der Waals surface area contributed by atoms with Gasteiger partial charge in [-0.2, -0.15) is 0 Å². The number of nitrogens with one attached hydrogen (secondary N) is 2. The van der Waals surface area contributed by atoms with E-state index >= 15 is 0 Å². The minimum atomic E-state index is -0.809. The summed E-state index contributed by atoms with van der Waals surface area (Å²) in [5.74, 6) is -0.647. The van der Waals surface area contributed by atoms with Crippen LogP contribution in [0.4, 0.5) is 8.78 Å². The molecular weight excluding hydrogens is 236 g/mol. The van der Waals surface area contributed by atoms with Crippen molar-refractivity contribution in [3.8, 4) is 0 Å². The van der Waals surface area contributed by atoms with E-state index in [0.29, 0.717) is 6.54 Å². The van der Waals surface area contributed by atoms with Crippen molar-refractivity contribution in [1.82, 2.24) is 15.3 Å². The highest BCUT2D eigenvalue weighted by Crippen LogP contribution is 2.08. The van der Waals surface area contributed by atoms with Crippen molar-refractivity contribution in [1.29, 1.82) is 0 Å². The molecule has 1 aromatic carbocycles. The topological polar surface area (TPSA) is 40.7 Å². The third kappa shape index (κ3) is 3.63. The maximum atomic E-state index is 12.9. The van der Waals surface area contributed by atoms with E-state index in [-0.39, 0.29) is 0 Å². The van der Waals surface area contributed by atoms with Crippen LogP contribution in [0.25, 0.3) is 0 Å². The number of benzene rings is 1. The summed E-state index contributed by atoms with van der Waals surface area (Å²) in [4.78, 5) is 7.15. The SMILES string of the molecule is Fc1ccc(CNCCCc2ncc[nH]2)cc1F. The Balaban J connectivity index is 1.67. The number of rotatable bonds is 6. The number of nitrogens with zero attached hydrogens (tertiary/aromatic N) is 1. The highest BCUT2D eigenvalue weighted by Gasteiger charge is 2.02. The molecule has 0 atom stereocenters. The van der Waals surface area contributed by atoms with Gasteiger partial charge in [-0.15, -0.1) is 0 Å². The molecule has 0 spiro atoms. The number of imidazole rings is 1. The standard InChI is InChI=1S/C13H15F2N3/c14-11-4-3-10(8-12(11)15)9-16-5-1-2-13-17-6-7-18-13/h3-4,6-8,16H,1-2,5,9H2,(H,17,18). The van der Waals surface area contributed by atoms with Gasteiger partial charge in [-0.3, -0.25) is 0 Å². The van der Waals surface area contributed by atoms with E-state index in [0.717, 1.165) is 36.8 Å². The van der Waals surface area contributed by atoms with Crippen LogP contribution in [0.15, 0.2) is 30.6 Å². The second kappa shape index (κ2) is 6.26. The number of aryl methyl sites for hydroxylation is 1. The Morgan fingerprint density at radius 1 is 1.22 bits per heavy atom. The minimum absolute atomic E-state index is 0.537. The number of hydrogen-bond acceptors (Lipinski definition) is 2. The van der Waals surface area contributed by atoms with Crippen LogP contribution in [0.5, 0.6) is 0 Å². The average Bonchev–Trinajstić information content (AvgIpc) is 2.86. The zero-order valence-electron chi connectivity index (χ0n) is 9.92. The lowest BCUT2D eigenvalue weighted by molar-refractivity contribution is 0.506. The zero-order chi connectivity index (χ0) is 12.8.